The first-order valence-corrected chi connectivity index (χ1v) is 7.33. The lowest BCUT2D eigenvalue weighted by atomic mass is 10.1. The van der Waals surface area contributed by atoms with Crippen LogP contribution in [0.15, 0.2) is 42.9 Å². The molecule has 8 heteroatoms. The molecule has 3 rings (SSSR count). The van der Waals surface area contributed by atoms with E-state index < -0.39 is 24.0 Å². The van der Waals surface area contributed by atoms with E-state index in [1.54, 1.807) is 18.2 Å². The van der Waals surface area contributed by atoms with E-state index in [-0.39, 0.29) is 24.4 Å². The molecule has 0 unspecified atom stereocenters. The topological polar surface area (TPSA) is 98.4 Å². The molecule has 2 heterocycles. The predicted molar refractivity (Wildman–Crippen MR) is 82.1 cm³/mol. The van der Waals surface area contributed by atoms with Gasteiger partial charge in [0, 0.05) is 24.4 Å². The first kappa shape index (κ1) is 15.9. The number of halogens is 1. The molecule has 2 aromatic rings. The number of rotatable bonds is 4. The Morgan fingerprint density at radius 2 is 2.17 bits per heavy atom. The summed E-state index contributed by atoms with van der Waals surface area (Å²) in [5.74, 6) is -0.519. The number of benzene rings is 1. The van der Waals surface area contributed by atoms with E-state index in [1.165, 1.54) is 24.7 Å². The average molecular weight is 330 g/mol. The molecule has 1 aromatic heterocycles. The van der Waals surface area contributed by atoms with Gasteiger partial charge in [-0.3, -0.25) is 14.6 Å². The number of aromatic nitrogens is 2. The van der Waals surface area contributed by atoms with Gasteiger partial charge in [0.05, 0.1) is 12.7 Å². The highest BCUT2D eigenvalue weighted by molar-refractivity contribution is 5.98. The Hall–Kier alpha value is -3.03. The number of alkyl halides is 1. The maximum atomic E-state index is 13.6. The highest BCUT2D eigenvalue weighted by atomic mass is 19.1. The Labute approximate surface area is 137 Å². The molecule has 1 aliphatic heterocycles. The monoisotopic (exact) mass is 330 g/mol. The summed E-state index contributed by atoms with van der Waals surface area (Å²) < 4.78 is 19.1. The maximum absolute atomic E-state index is 13.6. The van der Waals surface area contributed by atoms with Gasteiger partial charge in [0.2, 0.25) is 11.8 Å². The molecule has 0 spiro atoms. The summed E-state index contributed by atoms with van der Waals surface area (Å²) in [6.45, 7) is -0.151. The number of carbonyl (C=O) groups excluding carboxylic acids is 2. The number of likely N-dealkylation sites (tertiary alicyclic amines) is 1. The van der Waals surface area contributed by atoms with Crippen molar-refractivity contribution in [2.24, 2.45) is 5.73 Å². The van der Waals surface area contributed by atoms with Crippen LogP contribution in [0.25, 0.3) is 0 Å². The van der Waals surface area contributed by atoms with Crippen molar-refractivity contribution >= 4 is 11.8 Å². The molecular formula is C16H15FN4O3. The fourth-order valence-electron chi connectivity index (χ4n) is 2.60. The minimum Gasteiger partial charge on any atom is -0.437 e. The second-order valence-corrected chi connectivity index (χ2v) is 5.38. The lowest BCUT2D eigenvalue weighted by molar-refractivity contribution is -0.121. The van der Waals surface area contributed by atoms with Gasteiger partial charge >= 0.3 is 0 Å². The number of carbonyl (C=O) groups is 2. The van der Waals surface area contributed by atoms with Crippen LogP contribution in [-0.4, -0.2) is 45.4 Å². The molecule has 0 radical (unpaired) electrons. The number of ether oxygens (including phenoxy) is 1. The van der Waals surface area contributed by atoms with Crippen molar-refractivity contribution in [3.63, 3.8) is 0 Å². The molecule has 2 N–H and O–H groups in total. The van der Waals surface area contributed by atoms with Crippen LogP contribution in [0.5, 0.6) is 11.6 Å². The molecular weight excluding hydrogens is 315 g/mol. The minimum atomic E-state index is -1.26. The Kier molecular flexibility index (Phi) is 4.37. The van der Waals surface area contributed by atoms with Crippen LogP contribution in [0.4, 0.5) is 4.39 Å². The number of amides is 2. The van der Waals surface area contributed by atoms with E-state index >= 15 is 0 Å². The van der Waals surface area contributed by atoms with Crippen LogP contribution in [0.1, 0.15) is 16.8 Å². The van der Waals surface area contributed by atoms with Gasteiger partial charge in [0.1, 0.15) is 18.0 Å². The quantitative estimate of drug-likeness (QED) is 0.911. The number of primary amides is 1. The van der Waals surface area contributed by atoms with E-state index in [2.05, 4.69) is 9.97 Å². The van der Waals surface area contributed by atoms with Crippen LogP contribution in [0, 0.1) is 0 Å². The minimum absolute atomic E-state index is 0.0726. The summed E-state index contributed by atoms with van der Waals surface area (Å²) >= 11 is 0. The summed E-state index contributed by atoms with van der Waals surface area (Å²) in [6.07, 6.45) is 3.10. The van der Waals surface area contributed by atoms with Crippen molar-refractivity contribution < 1.29 is 18.7 Å². The zero-order valence-electron chi connectivity index (χ0n) is 12.6. The van der Waals surface area contributed by atoms with Gasteiger partial charge in [-0.25, -0.2) is 9.37 Å². The first-order chi connectivity index (χ1) is 11.5. The van der Waals surface area contributed by atoms with E-state index in [9.17, 15) is 14.0 Å². The molecule has 1 saturated heterocycles. The number of hydrogen-bond donors (Lipinski definition) is 1. The molecule has 1 aliphatic rings. The van der Waals surface area contributed by atoms with Gasteiger partial charge < -0.3 is 15.4 Å². The predicted octanol–water partition coefficient (Wildman–Crippen LogP) is 1.31. The summed E-state index contributed by atoms with van der Waals surface area (Å²) in [5, 5.41) is 0. The summed E-state index contributed by atoms with van der Waals surface area (Å²) in [4.78, 5) is 33.0. The molecule has 2 amide bonds. The number of hydrogen-bond acceptors (Lipinski definition) is 5. The van der Waals surface area contributed by atoms with Gasteiger partial charge in [0.15, 0.2) is 0 Å². The number of nitrogens with two attached hydrogens (primary N) is 1. The van der Waals surface area contributed by atoms with E-state index in [0.717, 1.165) is 4.90 Å². The smallest absolute Gasteiger partial charge is 0.254 e. The van der Waals surface area contributed by atoms with Gasteiger partial charge in [-0.2, -0.15) is 0 Å². The molecule has 7 nitrogen and oxygen atoms in total. The van der Waals surface area contributed by atoms with Crippen molar-refractivity contribution in [3.8, 4) is 11.6 Å². The Balaban J connectivity index is 1.80. The van der Waals surface area contributed by atoms with Crippen LogP contribution < -0.4 is 10.5 Å². The Morgan fingerprint density at radius 3 is 2.88 bits per heavy atom. The van der Waals surface area contributed by atoms with E-state index in [0.29, 0.717) is 5.75 Å². The van der Waals surface area contributed by atoms with Crippen LogP contribution in [0.3, 0.4) is 0 Å². The molecule has 1 fully saturated rings. The largest absolute Gasteiger partial charge is 0.437 e. The van der Waals surface area contributed by atoms with Crippen molar-refractivity contribution in [2.75, 3.05) is 6.54 Å². The van der Waals surface area contributed by atoms with E-state index in [4.69, 9.17) is 10.5 Å². The van der Waals surface area contributed by atoms with Gasteiger partial charge in [-0.05, 0) is 18.2 Å². The number of nitrogens with zero attached hydrogens (tertiary/aromatic N) is 3. The fourth-order valence-corrected chi connectivity index (χ4v) is 2.60. The highest BCUT2D eigenvalue weighted by Gasteiger charge is 2.39. The normalized spacial score (nSPS) is 20.0. The molecule has 2 atom stereocenters. The van der Waals surface area contributed by atoms with Gasteiger partial charge in [-0.15, -0.1) is 0 Å². The van der Waals surface area contributed by atoms with E-state index in [1.807, 2.05) is 0 Å². The van der Waals surface area contributed by atoms with Crippen LogP contribution >= 0.6 is 0 Å². The fraction of sp³-hybridized carbons (Fsp3) is 0.250. The molecule has 124 valence electrons. The summed E-state index contributed by atoms with van der Waals surface area (Å²) in [7, 11) is 0. The summed E-state index contributed by atoms with van der Waals surface area (Å²) in [6, 6.07) is 5.41. The molecule has 0 saturated carbocycles. The SMILES string of the molecule is NC(=O)[C@@H]1C[C@@H](F)CN1C(=O)c1cccc(Oc2cnccn2)c1. The molecule has 1 aromatic carbocycles. The Morgan fingerprint density at radius 1 is 1.33 bits per heavy atom. The molecule has 0 bridgehead atoms. The van der Waals surface area contributed by atoms with Crippen molar-refractivity contribution in [1.29, 1.82) is 0 Å². The third kappa shape index (κ3) is 3.32. The Bertz CT molecular complexity index is 756. The second-order valence-electron chi connectivity index (χ2n) is 5.38. The lowest BCUT2D eigenvalue weighted by Gasteiger charge is -2.22. The highest BCUT2D eigenvalue weighted by Crippen LogP contribution is 2.25. The van der Waals surface area contributed by atoms with Crippen molar-refractivity contribution in [3.05, 3.63) is 48.4 Å². The lowest BCUT2D eigenvalue weighted by Crippen LogP contribution is -2.43. The molecule has 0 aliphatic carbocycles. The maximum Gasteiger partial charge on any atom is 0.254 e. The van der Waals surface area contributed by atoms with Gasteiger partial charge in [0.25, 0.3) is 5.91 Å². The van der Waals surface area contributed by atoms with Crippen LogP contribution in [0.2, 0.25) is 0 Å². The third-order valence-corrected chi connectivity index (χ3v) is 3.68. The molecule has 24 heavy (non-hydrogen) atoms. The van der Waals surface area contributed by atoms with Gasteiger partial charge in [-0.1, -0.05) is 6.07 Å². The van der Waals surface area contributed by atoms with Crippen LogP contribution in [-0.2, 0) is 4.79 Å². The van der Waals surface area contributed by atoms with Crippen molar-refractivity contribution in [1.82, 2.24) is 14.9 Å². The summed E-state index contributed by atoms with van der Waals surface area (Å²) in [5.41, 5.74) is 5.53. The zero-order chi connectivity index (χ0) is 17.1. The standard InChI is InChI=1S/C16H15FN4O3/c17-11-7-13(15(18)22)21(9-11)16(23)10-2-1-3-12(6-10)24-14-8-19-4-5-20-14/h1-6,8,11,13H,7,9H2,(H2,18,22)/t11-,13+/m1/s1. The third-order valence-electron chi connectivity index (χ3n) is 3.68. The second kappa shape index (κ2) is 6.61. The first-order valence-electron chi connectivity index (χ1n) is 7.33. The zero-order valence-corrected chi connectivity index (χ0v) is 12.6. The average Bonchev–Trinajstić information content (AvgIpc) is 2.97. The van der Waals surface area contributed by atoms with Crippen molar-refractivity contribution in [2.45, 2.75) is 18.6 Å².